The summed E-state index contributed by atoms with van der Waals surface area (Å²) in [6.07, 6.45) is 1.12. The molecular weight excluding hydrogens is 446 g/mol. The molecule has 34 heavy (non-hydrogen) atoms. The number of carbonyl (C=O) groups excluding carboxylic acids is 2. The van der Waals surface area contributed by atoms with Crippen molar-refractivity contribution in [3.63, 3.8) is 0 Å². The van der Waals surface area contributed by atoms with Crippen molar-refractivity contribution in [1.82, 2.24) is 25.0 Å². The van der Waals surface area contributed by atoms with Crippen LogP contribution in [0.2, 0.25) is 0 Å². The molecule has 7 nitrogen and oxygen atoms in total. The molecule has 3 heterocycles. The number of piperidine rings is 1. The normalized spacial score (nSPS) is 21.0. The number of likely N-dealkylation sites (tertiary alicyclic amines) is 1. The highest BCUT2D eigenvalue weighted by molar-refractivity contribution is 7.15. The standard InChI is InChI=1S/C26H31N5O2S/c1-6-31-21(10-16(4)29-31)25(32)27-12-22-20-11-19(20)13-30(22)26(33)23-24(34-17(5)28-23)18-8-7-14(2)15(3)9-18/h7-10,19-20,22H,6,11-13H2,1-5H3,(H,27,32)/t19-,20-,22+/m0/s1. The van der Waals surface area contributed by atoms with Crippen LogP contribution in [0, 0.1) is 39.5 Å². The Morgan fingerprint density at radius 3 is 2.68 bits per heavy atom. The predicted molar refractivity (Wildman–Crippen MR) is 133 cm³/mol. The smallest absolute Gasteiger partial charge is 0.274 e. The fourth-order valence-electron chi connectivity index (χ4n) is 5.11. The van der Waals surface area contributed by atoms with Crippen LogP contribution in [0.15, 0.2) is 24.3 Å². The van der Waals surface area contributed by atoms with E-state index in [2.05, 4.69) is 47.4 Å². The number of benzene rings is 1. The van der Waals surface area contributed by atoms with E-state index in [0.29, 0.717) is 36.3 Å². The molecule has 0 unspecified atom stereocenters. The molecule has 2 fully saturated rings. The SMILES string of the molecule is CCn1nc(C)cc1C(=O)NC[C@@H]1[C@H]2C[C@H]2CN1C(=O)c1nc(C)sc1-c1ccc(C)c(C)c1. The lowest BCUT2D eigenvalue weighted by Crippen LogP contribution is -2.46. The number of aryl methyl sites for hydroxylation is 5. The minimum atomic E-state index is -0.140. The molecule has 1 aliphatic heterocycles. The van der Waals surface area contributed by atoms with Crippen molar-refractivity contribution >= 4 is 23.2 Å². The number of rotatable bonds is 6. The summed E-state index contributed by atoms with van der Waals surface area (Å²) in [4.78, 5) is 34.1. The number of hydrogen-bond acceptors (Lipinski definition) is 5. The van der Waals surface area contributed by atoms with Crippen LogP contribution >= 0.6 is 11.3 Å². The third-order valence-corrected chi connectivity index (χ3v) is 8.20. The molecule has 2 amide bonds. The Hall–Kier alpha value is -3.00. The van der Waals surface area contributed by atoms with Gasteiger partial charge in [0.05, 0.1) is 21.6 Å². The Labute approximate surface area is 204 Å². The first-order valence-electron chi connectivity index (χ1n) is 12.0. The number of nitrogens with zero attached hydrogens (tertiary/aromatic N) is 4. The molecule has 0 spiro atoms. The van der Waals surface area contributed by atoms with Crippen LogP contribution in [0.3, 0.4) is 0 Å². The maximum Gasteiger partial charge on any atom is 0.274 e. The molecule has 2 aliphatic rings. The van der Waals surface area contributed by atoms with Crippen molar-refractivity contribution in [3.05, 3.63) is 57.5 Å². The molecule has 8 heteroatoms. The molecule has 0 bridgehead atoms. The molecule has 1 N–H and O–H groups in total. The minimum Gasteiger partial charge on any atom is -0.349 e. The van der Waals surface area contributed by atoms with Crippen LogP contribution in [0.4, 0.5) is 0 Å². The zero-order chi connectivity index (χ0) is 24.1. The molecule has 2 aromatic heterocycles. The van der Waals surface area contributed by atoms with E-state index in [1.807, 2.05) is 31.7 Å². The van der Waals surface area contributed by atoms with Crippen molar-refractivity contribution in [2.24, 2.45) is 11.8 Å². The number of thiazole rings is 1. The largest absolute Gasteiger partial charge is 0.349 e. The third-order valence-electron chi connectivity index (χ3n) is 7.18. The number of hydrogen-bond donors (Lipinski definition) is 1. The van der Waals surface area contributed by atoms with Gasteiger partial charge in [-0.1, -0.05) is 18.2 Å². The molecule has 1 saturated carbocycles. The molecule has 0 radical (unpaired) electrons. The molecule has 5 rings (SSSR count). The van der Waals surface area contributed by atoms with E-state index in [4.69, 9.17) is 0 Å². The van der Waals surface area contributed by atoms with Gasteiger partial charge in [-0.2, -0.15) is 5.10 Å². The summed E-state index contributed by atoms with van der Waals surface area (Å²) in [5.74, 6) is 0.809. The Bertz CT molecular complexity index is 1280. The number of carbonyl (C=O) groups is 2. The minimum absolute atomic E-state index is 0.00449. The molecule has 1 aromatic carbocycles. The maximum atomic E-state index is 13.7. The first kappa shape index (κ1) is 22.8. The van der Waals surface area contributed by atoms with Gasteiger partial charge in [-0.3, -0.25) is 14.3 Å². The Morgan fingerprint density at radius 1 is 1.15 bits per heavy atom. The Morgan fingerprint density at radius 2 is 1.94 bits per heavy atom. The predicted octanol–water partition coefficient (Wildman–Crippen LogP) is 4.15. The lowest BCUT2D eigenvalue weighted by molar-refractivity contribution is 0.0690. The number of aromatic nitrogens is 3. The summed E-state index contributed by atoms with van der Waals surface area (Å²) in [7, 11) is 0. The van der Waals surface area contributed by atoms with Gasteiger partial charge < -0.3 is 10.2 Å². The molecular formula is C26H31N5O2S. The van der Waals surface area contributed by atoms with E-state index >= 15 is 0 Å². The first-order valence-corrected chi connectivity index (χ1v) is 12.8. The molecule has 1 saturated heterocycles. The van der Waals surface area contributed by atoms with Crippen LogP contribution in [-0.2, 0) is 6.54 Å². The van der Waals surface area contributed by atoms with Crippen LogP contribution in [0.5, 0.6) is 0 Å². The van der Waals surface area contributed by atoms with Gasteiger partial charge in [0.2, 0.25) is 0 Å². The van der Waals surface area contributed by atoms with Gasteiger partial charge in [-0.25, -0.2) is 4.98 Å². The summed E-state index contributed by atoms with van der Waals surface area (Å²) in [5, 5.41) is 8.33. The second-order valence-electron chi connectivity index (χ2n) is 9.59. The maximum absolute atomic E-state index is 13.7. The van der Waals surface area contributed by atoms with Gasteiger partial charge in [-0.15, -0.1) is 11.3 Å². The van der Waals surface area contributed by atoms with E-state index in [1.165, 1.54) is 11.1 Å². The lowest BCUT2D eigenvalue weighted by Gasteiger charge is -2.27. The van der Waals surface area contributed by atoms with Gasteiger partial charge in [0.15, 0.2) is 0 Å². The molecule has 3 atom stereocenters. The number of amides is 2. The van der Waals surface area contributed by atoms with E-state index in [-0.39, 0.29) is 17.9 Å². The summed E-state index contributed by atoms with van der Waals surface area (Å²) in [6, 6.07) is 8.11. The molecule has 1 aliphatic carbocycles. The van der Waals surface area contributed by atoms with Gasteiger partial charge in [-0.05, 0) is 75.6 Å². The monoisotopic (exact) mass is 477 g/mol. The van der Waals surface area contributed by atoms with E-state index < -0.39 is 0 Å². The van der Waals surface area contributed by atoms with E-state index in [1.54, 1.807) is 16.0 Å². The van der Waals surface area contributed by atoms with Crippen LogP contribution < -0.4 is 5.32 Å². The van der Waals surface area contributed by atoms with Crippen LogP contribution in [0.25, 0.3) is 10.4 Å². The third kappa shape index (κ3) is 4.04. The number of fused-ring (bicyclic) bond motifs is 1. The van der Waals surface area contributed by atoms with Crippen LogP contribution in [0.1, 0.15) is 56.1 Å². The molecule has 3 aromatic rings. The van der Waals surface area contributed by atoms with Gasteiger partial charge >= 0.3 is 0 Å². The second-order valence-corrected chi connectivity index (χ2v) is 10.8. The fraction of sp³-hybridized carbons (Fsp3) is 0.462. The quantitative estimate of drug-likeness (QED) is 0.578. The van der Waals surface area contributed by atoms with Crippen molar-refractivity contribution in [3.8, 4) is 10.4 Å². The van der Waals surface area contributed by atoms with E-state index in [0.717, 1.165) is 34.1 Å². The topological polar surface area (TPSA) is 80.1 Å². The highest BCUT2D eigenvalue weighted by Gasteiger charge is 2.54. The average Bonchev–Trinajstić information content (AvgIpc) is 3.13. The van der Waals surface area contributed by atoms with Crippen LogP contribution in [-0.4, -0.2) is 50.6 Å². The fourth-order valence-corrected chi connectivity index (χ4v) is 6.02. The second kappa shape index (κ2) is 8.65. The van der Waals surface area contributed by atoms with Crippen molar-refractivity contribution in [2.75, 3.05) is 13.1 Å². The molecule has 178 valence electrons. The zero-order valence-electron chi connectivity index (χ0n) is 20.4. The van der Waals surface area contributed by atoms with Crippen molar-refractivity contribution in [1.29, 1.82) is 0 Å². The summed E-state index contributed by atoms with van der Waals surface area (Å²) in [5.41, 5.74) is 5.39. The first-order chi connectivity index (χ1) is 16.3. The van der Waals surface area contributed by atoms with Crippen molar-refractivity contribution < 1.29 is 9.59 Å². The summed E-state index contributed by atoms with van der Waals surface area (Å²) >= 11 is 1.57. The lowest BCUT2D eigenvalue weighted by atomic mass is 10.0. The van der Waals surface area contributed by atoms with Gasteiger partial charge in [0.25, 0.3) is 11.8 Å². The van der Waals surface area contributed by atoms with Gasteiger partial charge in [0.1, 0.15) is 11.4 Å². The van der Waals surface area contributed by atoms with Gasteiger partial charge in [0, 0.05) is 19.6 Å². The zero-order valence-corrected chi connectivity index (χ0v) is 21.2. The van der Waals surface area contributed by atoms with Crippen molar-refractivity contribution in [2.45, 2.75) is 53.6 Å². The Kier molecular flexibility index (Phi) is 5.80. The highest BCUT2D eigenvalue weighted by atomic mass is 32.1. The highest BCUT2D eigenvalue weighted by Crippen LogP contribution is 2.50. The van der Waals surface area contributed by atoms with E-state index in [9.17, 15) is 9.59 Å². The summed E-state index contributed by atoms with van der Waals surface area (Å²) in [6.45, 7) is 11.8. The summed E-state index contributed by atoms with van der Waals surface area (Å²) < 4.78 is 1.72. The average molecular weight is 478 g/mol. The Balaban J connectivity index is 1.36. The number of nitrogens with one attached hydrogen (secondary N) is 1.